The Morgan fingerprint density at radius 3 is 2.50 bits per heavy atom. The number of amides is 1. The van der Waals surface area contributed by atoms with Crippen molar-refractivity contribution in [3.8, 4) is 11.5 Å². The second kappa shape index (κ2) is 6.59. The van der Waals surface area contributed by atoms with Gasteiger partial charge in [0.25, 0.3) is 5.91 Å². The Morgan fingerprint density at radius 1 is 1.32 bits per heavy atom. The number of halogens is 2. The van der Waals surface area contributed by atoms with Gasteiger partial charge in [0.05, 0.1) is 7.11 Å². The lowest BCUT2D eigenvalue weighted by Crippen LogP contribution is -2.42. The maximum absolute atomic E-state index is 12.2. The molecule has 0 bridgehead atoms. The topological polar surface area (TPSA) is 84.9 Å². The van der Waals surface area contributed by atoms with Gasteiger partial charge in [0, 0.05) is 5.56 Å². The van der Waals surface area contributed by atoms with Crippen LogP contribution in [0.15, 0.2) is 18.2 Å². The Balaban J connectivity index is 2.13. The van der Waals surface area contributed by atoms with Crippen LogP contribution in [0, 0.1) is 5.92 Å². The molecule has 0 aliphatic heterocycles. The minimum Gasteiger partial charge on any atom is -0.493 e. The fraction of sp³-hybridized carbons (Fsp3) is 0.429. The first-order valence-electron chi connectivity index (χ1n) is 6.59. The number of carboxylic acids is 1. The summed E-state index contributed by atoms with van der Waals surface area (Å²) in [5, 5.41) is 11.5. The highest BCUT2D eigenvalue weighted by Gasteiger charge is 2.37. The van der Waals surface area contributed by atoms with Crippen LogP contribution >= 0.6 is 0 Å². The number of carboxylic acid groups (broad SMARTS) is 1. The van der Waals surface area contributed by atoms with Crippen LogP contribution in [-0.2, 0) is 4.79 Å². The van der Waals surface area contributed by atoms with Crippen LogP contribution in [0.4, 0.5) is 8.78 Å². The Hall–Kier alpha value is -2.38. The molecule has 22 heavy (non-hydrogen) atoms. The molecule has 1 unspecified atom stereocenters. The zero-order valence-electron chi connectivity index (χ0n) is 11.7. The highest BCUT2D eigenvalue weighted by atomic mass is 19.3. The molecule has 0 heterocycles. The number of hydrogen-bond acceptors (Lipinski definition) is 4. The van der Waals surface area contributed by atoms with Crippen LogP contribution in [-0.4, -0.2) is 36.7 Å². The Morgan fingerprint density at radius 2 is 2.00 bits per heavy atom. The second-order valence-corrected chi connectivity index (χ2v) is 4.87. The minimum atomic E-state index is -3.01. The van der Waals surface area contributed by atoms with Gasteiger partial charge in [-0.25, -0.2) is 4.79 Å². The molecule has 1 amide bonds. The third kappa shape index (κ3) is 3.84. The van der Waals surface area contributed by atoms with Gasteiger partial charge in [-0.1, -0.05) is 0 Å². The molecule has 1 fully saturated rings. The van der Waals surface area contributed by atoms with E-state index in [0.717, 1.165) is 12.8 Å². The first-order valence-corrected chi connectivity index (χ1v) is 6.59. The summed E-state index contributed by atoms with van der Waals surface area (Å²) in [6, 6.07) is 2.71. The minimum absolute atomic E-state index is 0.0359. The maximum Gasteiger partial charge on any atom is 0.387 e. The maximum atomic E-state index is 12.2. The molecule has 0 radical (unpaired) electrons. The highest BCUT2D eigenvalue weighted by molar-refractivity contribution is 5.97. The van der Waals surface area contributed by atoms with Gasteiger partial charge in [0.2, 0.25) is 0 Å². The summed E-state index contributed by atoms with van der Waals surface area (Å²) in [4.78, 5) is 23.2. The van der Waals surface area contributed by atoms with Crippen LogP contribution in [0.1, 0.15) is 23.2 Å². The highest BCUT2D eigenvalue weighted by Crippen LogP contribution is 2.33. The summed E-state index contributed by atoms with van der Waals surface area (Å²) in [5.74, 6) is -2.01. The monoisotopic (exact) mass is 315 g/mol. The molecule has 1 aromatic rings. The van der Waals surface area contributed by atoms with E-state index < -0.39 is 24.5 Å². The van der Waals surface area contributed by atoms with Gasteiger partial charge in [-0.05, 0) is 37.0 Å². The van der Waals surface area contributed by atoms with Gasteiger partial charge in [-0.15, -0.1) is 0 Å². The molecule has 8 heteroatoms. The van der Waals surface area contributed by atoms with E-state index in [1.165, 1.54) is 25.3 Å². The summed E-state index contributed by atoms with van der Waals surface area (Å²) >= 11 is 0. The predicted octanol–water partition coefficient (Wildman–Crippen LogP) is 1.89. The molecule has 0 saturated heterocycles. The normalized spacial score (nSPS) is 15.3. The van der Waals surface area contributed by atoms with Crippen molar-refractivity contribution < 1.29 is 33.0 Å². The summed E-state index contributed by atoms with van der Waals surface area (Å²) in [6.07, 6.45) is 1.50. The summed E-state index contributed by atoms with van der Waals surface area (Å²) < 4.78 is 33.6. The molecular weight excluding hydrogens is 300 g/mol. The van der Waals surface area contributed by atoms with Gasteiger partial charge in [0.1, 0.15) is 6.04 Å². The fourth-order valence-corrected chi connectivity index (χ4v) is 2.04. The third-order valence-electron chi connectivity index (χ3n) is 3.29. The SMILES string of the molecule is COc1cc(C(=O)NC(C(=O)O)C2CC2)ccc1OC(F)F. The number of benzene rings is 1. The molecular formula is C14H15F2NO5. The number of alkyl halides is 2. The van der Waals surface area contributed by atoms with Crippen molar-refractivity contribution in [1.29, 1.82) is 0 Å². The lowest BCUT2D eigenvalue weighted by Gasteiger charge is -2.15. The molecule has 1 aliphatic rings. The first kappa shape index (κ1) is 16.0. The Labute approximate surface area is 125 Å². The zero-order valence-corrected chi connectivity index (χ0v) is 11.7. The lowest BCUT2D eigenvalue weighted by atomic mass is 10.1. The molecule has 2 N–H and O–H groups in total. The van der Waals surface area contributed by atoms with E-state index in [0.29, 0.717) is 0 Å². The number of carbonyl (C=O) groups is 2. The van der Waals surface area contributed by atoms with Crippen LogP contribution in [0.2, 0.25) is 0 Å². The van der Waals surface area contributed by atoms with Crippen LogP contribution in [0.3, 0.4) is 0 Å². The van der Waals surface area contributed by atoms with Crippen molar-refractivity contribution in [2.45, 2.75) is 25.5 Å². The second-order valence-electron chi connectivity index (χ2n) is 4.87. The largest absolute Gasteiger partial charge is 0.493 e. The van der Waals surface area contributed by atoms with Crippen molar-refractivity contribution in [3.63, 3.8) is 0 Å². The van der Waals surface area contributed by atoms with E-state index in [-0.39, 0.29) is 23.0 Å². The van der Waals surface area contributed by atoms with Crippen molar-refractivity contribution in [2.24, 2.45) is 5.92 Å². The van der Waals surface area contributed by atoms with Gasteiger partial charge in [0.15, 0.2) is 11.5 Å². The summed E-state index contributed by atoms with van der Waals surface area (Å²) in [5.41, 5.74) is 0.102. The Kier molecular flexibility index (Phi) is 4.79. The van der Waals surface area contributed by atoms with Crippen LogP contribution in [0.5, 0.6) is 11.5 Å². The van der Waals surface area contributed by atoms with Gasteiger partial charge < -0.3 is 19.9 Å². The summed E-state index contributed by atoms with van der Waals surface area (Å²) in [7, 11) is 1.25. The number of rotatable bonds is 7. The van der Waals surface area contributed by atoms with Crippen LogP contribution < -0.4 is 14.8 Å². The number of hydrogen-bond donors (Lipinski definition) is 2. The van der Waals surface area contributed by atoms with Crippen molar-refractivity contribution in [3.05, 3.63) is 23.8 Å². The van der Waals surface area contributed by atoms with E-state index >= 15 is 0 Å². The average Bonchev–Trinajstić information content (AvgIpc) is 3.28. The molecule has 1 saturated carbocycles. The van der Waals surface area contributed by atoms with Crippen molar-refractivity contribution in [2.75, 3.05) is 7.11 Å². The Bertz CT molecular complexity index is 574. The predicted molar refractivity (Wildman–Crippen MR) is 71.2 cm³/mol. The first-order chi connectivity index (χ1) is 10.4. The summed E-state index contributed by atoms with van der Waals surface area (Å²) in [6.45, 7) is -3.01. The number of aliphatic carboxylic acids is 1. The lowest BCUT2D eigenvalue weighted by molar-refractivity contribution is -0.139. The number of ether oxygens (including phenoxy) is 2. The number of methoxy groups -OCH3 is 1. The molecule has 6 nitrogen and oxygen atoms in total. The van der Waals surface area contributed by atoms with Crippen molar-refractivity contribution in [1.82, 2.24) is 5.32 Å². The third-order valence-corrected chi connectivity index (χ3v) is 3.29. The van der Waals surface area contributed by atoms with Gasteiger partial charge in [-0.3, -0.25) is 4.79 Å². The van der Waals surface area contributed by atoms with Crippen LogP contribution in [0.25, 0.3) is 0 Å². The molecule has 0 spiro atoms. The van der Waals surface area contributed by atoms with E-state index in [1.807, 2.05) is 0 Å². The van der Waals surface area contributed by atoms with E-state index in [9.17, 15) is 18.4 Å². The number of nitrogens with one attached hydrogen (secondary N) is 1. The van der Waals surface area contributed by atoms with E-state index in [2.05, 4.69) is 10.1 Å². The van der Waals surface area contributed by atoms with Crippen molar-refractivity contribution >= 4 is 11.9 Å². The molecule has 2 rings (SSSR count). The van der Waals surface area contributed by atoms with E-state index in [4.69, 9.17) is 9.84 Å². The number of carbonyl (C=O) groups excluding carboxylic acids is 1. The fourth-order valence-electron chi connectivity index (χ4n) is 2.04. The quantitative estimate of drug-likeness (QED) is 0.802. The standard InChI is InChI=1S/C14H15F2NO5/c1-21-10-6-8(4-5-9(10)22-14(15)16)12(18)17-11(13(19)20)7-2-3-7/h4-7,11,14H,2-3H2,1H3,(H,17,18)(H,19,20). The smallest absolute Gasteiger partial charge is 0.387 e. The molecule has 1 aromatic carbocycles. The van der Waals surface area contributed by atoms with E-state index in [1.54, 1.807) is 0 Å². The molecule has 0 aromatic heterocycles. The van der Waals surface area contributed by atoms with Gasteiger partial charge in [-0.2, -0.15) is 8.78 Å². The molecule has 1 aliphatic carbocycles. The molecule has 120 valence electrons. The average molecular weight is 315 g/mol. The zero-order chi connectivity index (χ0) is 16.3. The molecule has 1 atom stereocenters. The van der Waals surface area contributed by atoms with Gasteiger partial charge >= 0.3 is 12.6 Å².